The zero-order valence-electron chi connectivity index (χ0n) is 12.5. The molecule has 5 heteroatoms. The largest absolute Gasteiger partial charge is 0.508 e. The predicted molar refractivity (Wildman–Crippen MR) is 81.1 cm³/mol. The summed E-state index contributed by atoms with van der Waals surface area (Å²) >= 11 is 0. The zero-order valence-corrected chi connectivity index (χ0v) is 12.5. The van der Waals surface area contributed by atoms with Crippen LogP contribution in [0.15, 0.2) is 24.3 Å². The molecule has 0 spiro atoms. The Morgan fingerprint density at radius 2 is 2.29 bits per heavy atom. The number of phenolic OH excluding ortho intramolecular Hbond substituents is 1. The Bertz CT molecular complexity index is 465. The number of carbonyl (C=O) groups excluding carboxylic acids is 1. The van der Waals surface area contributed by atoms with Gasteiger partial charge in [-0.3, -0.25) is 0 Å². The van der Waals surface area contributed by atoms with Crippen LogP contribution in [0.3, 0.4) is 0 Å². The molecule has 21 heavy (non-hydrogen) atoms. The number of hydrogen-bond acceptors (Lipinski definition) is 3. The van der Waals surface area contributed by atoms with Gasteiger partial charge in [0, 0.05) is 19.7 Å². The lowest BCUT2D eigenvalue weighted by Gasteiger charge is -2.27. The molecule has 1 aromatic rings. The number of urea groups is 1. The molecule has 2 atom stereocenters. The Balaban J connectivity index is 1.61. The number of phenols is 1. The second-order valence-corrected chi connectivity index (χ2v) is 5.64. The van der Waals surface area contributed by atoms with Gasteiger partial charge in [0.15, 0.2) is 0 Å². The molecule has 1 aliphatic rings. The first-order chi connectivity index (χ1) is 10.1. The van der Waals surface area contributed by atoms with Gasteiger partial charge in [0.1, 0.15) is 5.75 Å². The molecular weight excluding hydrogens is 268 g/mol. The summed E-state index contributed by atoms with van der Waals surface area (Å²) in [7, 11) is 0. The fourth-order valence-corrected chi connectivity index (χ4v) is 2.65. The fraction of sp³-hybridized carbons (Fsp3) is 0.562. The van der Waals surface area contributed by atoms with Crippen LogP contribution in [0.2, 0.25) is 0 Å². The molecule has 116 valence electrons. The highest BCUT2D eigenvalue weighted by atomic mass is 16.5. The molecule has 2 unspecified atom stereocenters. The molecule has 0 aromatic heterocycles. The van der Waals surface area contributed by atoms with E-state index in [9.17, 15) is 9.90 Å². The number of benzene rings is 1. The Morgan fingerprint density at radius 1 is 1.43 bits per heavy atom. The van der Waals surface area contributed by atoms with Gasteiger partial charge in [-0.05, 0) is 49.8 Å². The van der Waals surface area contributed by atoms with Crippen molar-refractivity contribution in [2.45, 2.75) is 38.8 Å². The molecule has 1 aliphatic heterocycles. The monoisotopic (exact) mass is 292 g/mol. The first-order valence-corrected chi connectivity index (χ1v) is 7.54. The van der Waals surface area contributed by atoms with Crippen LogP contribution in [0.4, 0.5) is 4.79 Å². The maximum absolute atomic E-state index is 11.7. The van der Waals surface area contributed by atoms with Crippen molar-refractivity contribution in [3.63, 3.8) is 0 Å². The number of ether oxygens (including phenoxy) is 1. The van der Waals surface area contributed by atoms with Gasteiger partial charge in [-0.15, -0.1) is 0 Å². The van der Waals surface area contributed by atoms with Gasteiger partial charge in [0.05, 0.1) is 6.10 Å². The first-order valence-electron chi connectivity index (χ1n) is 7.54. The quantitative estimate of drug-likeness (QED) is 0.780. The van der Waals surface area contributed by atoms with Crippen molar-refractivity contribution in [1.82, 2.24) is 10.6 Å². The number of rotatable bonds is 5. The van der Waals surface area contributed by atoms with E-state index >= 15 is 0 Å². The SMILES string of the molecule is CC1CC(CCNC(=O)NCc2cccc(O)c2)CCO1. The Hall–Kier alpha value is -1.75. The van der Waals surface area contributed by atoms with Crippen LogP contribution in [0.5, 0.6) is 5.75 Å². The number of nitrogens with one attached hydrogen (secondary N) is 2. The molecule has 0 radical (unpaired) electrons. The summed E-state index contributed by atoms with van der Waals surface area (Å²) in [5.74, 6) is 0.850. The van der Waals surface area contributed by atoms with Crippen LogP contribution >= 0.6 is 0 Å². The zero-order chi connectivity index (χ0) is 15.1. The van der Waals surface area contributed by atoms with Crippen molar-refractivity contribution in [3.8, 4) is 5.75 Å². The molecular formula is C16H24N2O3. The number of amides is 2. The topological polar surface area (TPSA) is 70.6 Å². The summed E-state index contributed by atoms with van der Waals surface area (Å²) in [6.07, 6.45) is 3.49. The average Bonchev–Trinajstić information content (AvgIpc) is 2.45. The lowest BCUT2D eigenvalue weighted by atomic mass is 9.93. The Labute approximate surface area is 125 Å². The minimum atomic E-state index is -0.168. The first kappa shape index (κ1) is 15.6. The fourth-order valence-electron chi connectivity index (χ4n) is 2.65. The van der Waals surface area contributed by atoms with Crippen molar-refractivity contribution in [1.29, 1.82) is 0 Å². The molecule has 1 heterocycles. The van der Waals surface area contributed by atoms with Crippen LogP contribution in [-0.4, -0.2) is 30.4 Å². The van der Waals surface area contributed by atoms with Crippen LogP contribution in [0.25, 0.3) is 0 Å². The highest BCUT2D eigenvalue weighted by molar-refractivity contribution is 5.73. The highest BCUT2D eigenvalue weighted by Crippen LogP contribution is 2.22. The molecule has 1 aromatic carbocycles. The lowest BCUT2D eigenvalue weighted by Crippen LogP contribution is -2.36. The van der Waals surface area contributed by atoms with Crippen LogP contribution in [0, 0.1) is 5.92 Å². The standard InChI is InChI=1S/C16H24N2O3/c1-12-9-13(6-8-21-12)5-7-17-16(20)18-11-14-3-2-4-15(19)10-14/h2-4,10,12-13,19H,5-9,11H2,1H3,(H2,17,18,20). The van der Waals surface area contributed by atoms with E-state index in [1.165, 1.54) is 0 Å². The minimum absolute atomic E-state index is 0.168. The Morgan fingerprint density at radius 3 is 3.05 bits per heavy atom. The second-order valence-electron chi connectivity index (χ2n) is 5.64. The van der Waals surface area contributed by atoms with E-state index in [0.717, 1.165) is 31.4 Å². The van der Waals surface area contributed by atoms with E-state index in [0.29, 0.717) is 25.1 Å². The predicted octanol–water partition coefficient (Wildman–Crippen LogP) is 2.40. The summed E-state index contributed by atoms with van der Waals surface area (Å²) in [6, 6.07) is 6.71. The lowest BCUT2D eigenvalue weighted by molar-refractivity contribution is 0.00117. The third kappa shape index (κ3) is 5.63. The van der Waals surface area contributed by atoms with E-state index in [1.54, 1.807) is 18.2 Å². The smallest absolute Gasteiger partial charge is 0.315 e. The van der Waals surface area contributed by atoms with Gasteiger partial charge in [-0.1, -0.05) is 12.1 Å². The highest BCUT2D eigenvalue weighted by Gasteiger charge is 2.18. The maximum Gasteiger partial charge on any atom is 0.315 e. The van der Waals surface area contributed by atoms with Gasteiger partial charge >= 0.3 is 6.03 Å². The van der Waals surface area contributed by atoms with Crippen molar-refractivity contribution in [2.24, 2.45) is 5.92 Å². The van der Waals surface area contributed by atoms with Gasteiger partial charge in [0.2, 0.25) is 0 Å². The van der Waals surface area contributed by atoms with Crippen LogP contribution in [-0.2, 0) is 11.3 Å². The average molecular weight is 292 g/mol. The van der Waals surface area contributed by atoms with Gasteiger partial charge in [-0.2, -0.15) is 0 Å². The maximum atomic E-state index is 11.7. The molecule has 0 aliphatic carbocycles. The molecule has 0 bridgehead atoms. The summed E-state index contributed by atoms with van der Waals surface area (Å²) in [6.45, 7) is 4.02. The van der Waals surface area contributed by atoms with E-state index in [4.69, 9.17) is 4.74 Å². The summed E-state index contributed by atoms with van der Waals surface area (Å²) in [5.41, 5.74) is 0.878. The number of aromatic hydroxyl groups is 1. The normalized spacial score (nSPS) is 21.8. The van der Waals surface area contributed by atoms with Crippen molar-refractivity contribution >= 4 is 6.03 Å². The van der Waals surface area contributed by atoms with Crippen molar-refractivity contribution in [2.75, 3.05) is 13.2 Å². The van der Waals surface area contributed by atoms with Gasteiger partial charge in [0.25, 0.3) is 0 Å². The minimum Gasteiger partial charge on any atom is -0.508 e. The molecule has 2 rings (SSSR count). The number of carbonyl (C=O) groups is 1. The number of hydrogen-bond donors (Lipinski definition) is 3. The van der Waals surface area contributed by atoms with E-state index in [2.05, 4.69) is 17.6 Å². The van der Waals surface area contributed by atoms with Crippen molar-refractivity contribution in [3.05, 3.63) is 29.8 Å². The summed E-state index contributed by atoms with van der Waals surface area (Å²) < 4.78 is 5.51. The molecule has 0 saturated carbocycles. The second kappa shape index (κ2) is 7.88. The molecule has 1 saturated heterocycles. The van der Waals surface area contributed by atoms with Gasteiger partial charge < -0.3 is 20.5 Å². The van der Waals surface area contributed by atoms with Crippen LogP contribution in [0.1, 0.15) is 31.7 Å². The Kier molecular flexibility index (Phi) is 5.87. The third-order valence-corrected chi connectivity index (χ3v) is 3.80. The van der Waals surface area contributed by atoms with E-state index < -0.39 is 0 Å². The molecule has 3 N–H and O–H groups in total. The third-order valence-electron chi connectivity index (χ3n) is 3.80. The molecule has 1 fully saturated rings. The van der Waals surface area contributed by atoms with Crippen LogP contribution < -0.4 is 10.6 Å². The molecule has 5 nitrogen and oxygen atoms in total. The van der Waals surface area contributed by atoms with E-state index in [1.807, 2.05) is 6.07 Å². The summed E-state index contributed by atoms with van der Waals surface area (Å²) in [5, 5.41) is 15.0. The van der Waals surface area contributed by atoms with E-state index in [-0.39, 0.29) is 11.8 Å². The van der Waals surface area contributed by atoms with Gasteiger partial charge in [-0.25, -0.2) is 4.79 Å². The molecule has 2 amide bonds. The summed E-state index contributed by atoms with van der Waals surface area (Å²) in [4.78, 5) is 11.7. The van der Waals surface area contributed by atoms with Crippen molar-refractivity contribution < 1.29 is 14.6 Å².